The molecule has 3 aromatic rings. The monoisotopic (exact) mass is 459 g/mol. The maximum Gasteiger partial charge on any atom is 0.274 e. The highest BCUT2D eigenvalue weighted by molar-refractivity contribution is 5.65. The summed E-state index contributed by atoms with van der Waals surface area (Å²) >= 11 is 0. The minimum absolute atomic E-state index is 0.214. The zero-order valence-electron chi connectivity index (χ0n) is 20.4. The van der Waals surface area contributed by atoms with Gasteiger partial charge in [0.2, 0.25) is 0 Å². The molecule has 0 bridgehead atoms. The van der Waals surface area contributed by atoms with Gasteiger partial charge in [-0.3, -0.25) is 9.89 Å². The molecule has 0 aliphatic heterocycles. The molecule has 0 radical (unpaired) electrons. The average molecular weight is 460 g/mol. The Labute approximate surface area is 200 Å². The molecule has 3 N–H and O–H groups in total. The van der Waals surface area contributed by atoms with Gasteiger partial charge in [-0.2, -0.15) is 9.50 Å². The van der Waals surface area contributed by atoms with Crippen LogP contribution in [0.3, 0.4) is 0 Å². The molecule has 0 amide bonds. The minimum Gasteiger partial charge on any atom is -0.508 e. The van der Waals surface area contributed by atoms with E-state index in [1.54, 1.807) is 12.1 Å². The number of fused-ring (bicyclic) bond motifs is 1. The summed E-state index contributed by atoms with van der Waals surface area (Å²) in [5.74, 6) is 1.23. The number of nitrogens with one attached hydrogen (secondary N) is 2. The molecule has 2 heterocycles. The van der Waals surface area contributed by atoms with Gasteiger partial charge in [0, 0.05) is 22.9 Å². The molecule has 5 rings (SSSR count). The van der Waals surface area contributed by atoms with E-state index in [0.717, 1.165) is 34.2 Å². The van der Waals surface area contributed by atoms with Gasteiger partial charge in [-0.25, -0.2) is 4.98 Å². The maximum atomic E-state index is 12.5. The van der Waals surface area contributed by atoms with Gasteiger partial charge in [-0.15, -0.1) is 0 Å². The molecule has 1 fully saturated rings. The van der Waals surface area contributed by atoms with Crippen molar-refractivity contribution in [2.45, 2.75) is 59.9 Å². The number of phenolic OH excluding ortho intramolecular Hbond substituents is 1. The van der Waals surface area contributed by atoms with Crippen LogP contribution in [-0.4, -0.2) is 24.7 Å². The first-order valence-corrected chi connectivity index (χ1v) is 11.8. The quantitative estimate of drug-likeness (QED) is 0.475. The molecule has 34 heavy (non-hydrogen) atoms. The summed E-state index contributed by atoms with van der Waals surface area (Å²) in [7, 11) is 0. The van der Waals surface area contributed by atoms with E-state index < -0.39 is 0 Å². The highest BCUT2D eigenvalue weighted by atomic mass is 16.3. The lowest BCUT2D eigenvalue weighted by Gasteiger charge is -2.11. The predicted molar refractivity (Wildman–Crippen MR) is 137 cm³/mol. The molecule has 7 heteroatoms. The molecule has 1 aromatic carbocycles. The molecule has 2 aliphatic carbocycles. The van der Waals surface area contributed by atoms with Gasteiger partial charge >= 0.3 is 0 Å². The van der Waals surface area contributed by atoms with Gasteiger partial charge in [0.05, 0.1) is 12.2 Å². The topological polar surface area (TPSA) is 95.3 Å². The number of allylic oxidation sites excluding steroid dienone is 6. The van der Waals surface area contributed by atoms with Crippen molar-refractivity contribution in [1.82, 2.24) is 19.6 Å². The first-order valence-electron chi connectivity index (χ1n) is 11.8. The van der Waals surface area contributed by atoms with Crippen molar-refractivity contribution in [2.75, 3.05) is 5.32 Å². The normalized spacial score (nSPS) is 16.2. The Bertz CT molecular complexity index is 1330. The van der Waals surface area contributed by atoms with Crippen molar-refractivity contribution >= 4 is 17.0 Å². The van der Waals surface area contributed by atoms with Crippen LogP contribution in [0.5, 0.6) is 5.75 Å². The average Bonchev–Trinajstić information content (AvgIpc) is 3.40. The Morgan fingerprint density at radius 2 is 1.97 bits per heavy atom. The van der Waals surface area contributed by atoms with Crippen molar-refractivity contribution < 1.29 is 5.11 Å². The smallest absolute Gasteiger partial charge is 0.274 e. The van der Waals surface area contributed by atoms with Gasteiger partial charge in [0.1, 0.15) is 5.75 Å². The fourth-order valence-corrected chi connectivity index (χ4v) is 3.61. The molecule has 0 atom stereocenters. The molecule has 7 nitrogen and oxygen atoms in total. The van der Waals surface area contributed by atoms with Crippen LogP contribution in [0.25, 0.3) is 11.4 Å². The zero-order chi connectivity index (χ0) is 24.3. The van der Waals surface area contributed by atoms with Crippen molar-refractivity contribution in [1.29, 1.82) is 0 Å². The summed E-state index contributed by atoms with van der Waals surface area (Å²) in [6.07, 6.45) is 12.5. The van der Waals surface area contributed by atoms with Gasteiger partial charge in [-0.1, -0.05) is 56.7 Å². The van der Waals surface area contributed by atoms with E-state index in [2.05, 4.69) is 46.4 Å². The largest absolute Gasteiger partial charge is 0.508 e. The minimum atomic E-state index is -0.214. The summed E-state index contributed by atoms with van der Waals surface area (Å²) in [6.45, 7) is 8.98. The van der Waals surface area contributed by atoms with Crippen molar-refractivity contribution in [3.63, 3.8) is 0 Å². The summed E-state index contributed by atoms with van der Waals surface area (Å²) in [4.78, 5) is 21.6. The van der Waals surface area contributed by atoms with Crippen molar-refractivity contribution in [2.24, 2.45) is 5.41 Å². The first-order chi connectivity index (χ1) is 16.3. The number of benzene rings is 1. The van der Waals surface area contributed by atoms with E-state index in [1.807, 2.05) is 32.1 Å². The number of aromatic amines is 1. The van der Waals surface area contributed by atoms with Crippen LogP contribution in [0.15, 0.2) is 58.9 Å². The predicted octanol–water partition coefficient (Wildman–Crippen LogP) is 5.39. The molecule has 2 aliphatic rings. The number of H-pyrrole nitrogens is 1. The standard InChI is InChI=1S/C22H23N5O2.C5H10/c1-3-17-18(8-5-9-19(17)28)23-13-16-12-20(29)27-22(24-16)25-21(26-27)15-7-4-6-14(2)10-11-15;1-5(2)3-4-5/h4-6,8-12,23,28H,3,7,13H2,1-2H3,(H,24,25,26);3-4H2,1-2H3. The van der Waals surface area contributed by atoms with E-state index >= 15 is 0 Å². The molecule has 178 valence electrons. The Balaban J connectivity index is 0.000000486. The second kappa shape index (κ2) is 9.71. The lowest BCUT2D eigenvalue weighted by Crippen LogP contribution is -2.17. The van der Waals surface area contributed by atoms with Gasteiger partial charge in [0.15, 0.2) is 5.82 Å². The van der Waals surface area contributed by atoms with Crippen LogP contribution in [0, 0.1) is 5.41 Å². The van der Waals surface area contributed by atoms with Crippen molar-refractivity contribution in [3.8, 4) is 5.75 Å². The second-order valence-electron chi connectivity index (χ2n) is 9.68. The van der Waals surface area contributed by atoms with E-state index in [4.69, 9.17) is 0 Å². The third kappa shape index (κ3) is 5.65. The number of hydrogen-bond acceptors (Lipinski definition) is 5. The highest BCUT2D eigenvalue weighted by Gasteiger charge is 2.30. The molecule has 0 saturated heterocycles. The molecule has 1 saturated carbocycles. The van der Waals surface area contributed by atoms with Crippen LogP contribution < -0.4 is 10.9 Å². The molecular weight excluding hydrogens is 426 g/mol. The Morgan fingerprint density at radius 3 is 2.68 bits per heavy atom. The molecular formula is C27H33N5O2. The third-order valence-electron chi connectivity index (χ3n) is 6.17. The SMILES string of the molecule is CC1(C)CC1.CCc1c(O)cccc1NCc1cc(=O)n2[nH]c(C3=CC=C(C)C=CC3)nc2n1. The number of aromatic hydroxyl groups is 1. The fraction of sp³-hybridized carbons (Fsp3) is 0.370. The summed E-state index contributed by atoms with van der Waals surface area (Å²) in [5, 5.41) is 16.3. The van der Waals surface area contributed by atoms with Crippen LogP contribution in [0.4, 0.5) is 5.69 Å². The summed E-state index contributed by atoms with van der Waals surface area (Å²) in [6, 6.07) is 6.84. The van der Waals surface area contributed by atoms with Crippen LogP contribution >= 0.6 is 0 Å². The van der Waals surface area contributed by atoms with E-state index in [-0.39, 0.29) is 11.3 Å². The van der Waals surface area contributed by atoms with E-state index in [0.29, 0.717) is 30.3 Å². The lowest BCUT2D eigenvalue weighted by atomic mass is 10.1. The van der Waals surface area contributed by atoms with Gasteiger partial charge < -0.3 is 10.4 Å². The Kier molecular flexibility index (Phi) is 6.72. The highest BCUT2D eigenvalue weighted by Crippen LogP contribution is 2.43. The Hall–Kier alpha value is -3.61. The van der Waals surface area contributed by atoms with Crippen LogP contribution in [0.1, 0.15) is 64.0 Å². The summed E-state index contributed by atoms with van der Waals surface area (Å²) < 4.78 is 1.36. The Morgan fingerprint density at radius 1 is 1.21 bits per heavy atom. The maximum absolute atomic E-state index is 12.5. The second-order valence-corrected chi connectivity index (χ2v) is 9.68. The number of nitrogens with zero attached hydrogens (tertiary/aromatic N) is 3. The fourth-order valence-electron chi connectivity index (χ4n) is 3.61. The number of phenols is 1. The van der Waals surface area contributed by atoms with Crippen LogP contribution in [-0.2, 0) is 13.0 Å². The first kappa shape index (κ1) is 23.5. The number of anilines is 1. The molecule has 0 unspecified atom stereocenters. The van der Waals surface area contributed by atoms with Gasteiger partial charge in [-0.05, 0) is 50.2 Å². The number of aromatic nitrogens is 4. The van der Waals surface area contributed by atoms with Gasteiger partial charge in [0.25, 0.3) is 11.3 Å². The number of hydrogen-bond donors (Lipinski definition) is 3. The van der Waals surface area contributed by atoms with E-state index in [1.165, 1.54) is 23.4 Å². The molecule has 2 aromatic heterocycles. The zero-order valence-corrected chi connectivity index (χ0v) is 20.4. The number of rotatable bonds is 5. The molecule has 0 spiro atoms. The lowest BCUT2D eigenvalue weighted by molar-refractivity contribution is 0.469. The van der Waals surface area contributed by atoms with Crippen molar-refractivity contribution in [3.05, 3.63) is 81.6 Å². The third-order valence-corrected chi connectivity index (χ3v) is 6.17. The van der Waals surface area contributed by atoms with E-state index in [9.17, 15) is 9.90 Å². The summed E-state index contributed by atoms with van der Waals surface area (Å²) in [5.41, 5.74) is 4.95. The van der Waals surface area contributed by atoms with Crippen LogP contribution in [0.2, 0.25) is 0 Å².